The van der Waals surface area contributed by atoms with Gasteiger partial charge in [-0.25, -0.2) is 9.67 Å². The minimum absolute atomic E-state index is 0.00328. The molecule has 0 unspecified atom stereocenters. The summed E-state index contributed by atoms with van der Waals surface area (Å²) in [6, 6.07) is 5.82. The summed E-state index contributed by atoms with van der Waals surface area (Å²) < 4.78 is 7.91. The van der Waals surface area contributed by atoms with Gasteiger partial charge in [0.05, 0.1) is 41.7 Å². The van der Waals surface area contributed by atoms with E-state index in [4.69, 9.17) is 4.74 Å². The normalized spacial score (nSPS) is 22.7. The smallest absolute Gasteiger partial charge is 0.256 e. The van der Waals surface area contributed by atoms with E-state index in [-0.39, 0.29) is 18.1 Å². The number of aromatic amines is 1. The zero-order valence-corrected chi connectivity index (χ0v) is 13.8. The van der Waals surface area contributed by atoms with Crippen molar-refractivity contribution in [2.45, 2.75) is 32.1 Å². The number of nitrogens with zero attached hydrogens (tertiary/aromatic N) is 5. The van der Waals surface area contributed by atoms with E-state index in [1.54, 1.807) is 6.20 Å². The number of hydrogen-bond acceptors (Lipinski definition) is 5. The highest BCUT2D eigenvalue weighted by molar-refractivity contribution is 6.04. The zero-order valence-electron chi connectivity index (χ0n) is 13.8. The average Bonchev–Trinajstić information content (AvgIpc) is 3.25. The topological polar surface area (TPSA) is 88.9 Å². The van der Waals surface area contributed by atoms with Crippen LogP contribution in [0, 0.1) is 6.92 Å². The van der Waals surface area contributed by atoms with Gasteiger partial charge in [-0.3, -0.25) is 4.79 Å². The first-order valence-electron chi connectivity index (χ1n) is 8.46. The molecule has 0 saturated carbocycles. The van der Waals surface area contributed by atoms with Gasteiger partial charge in [0.1, 0.15) is 11.3 Å². The third-order valence-electron chi connectivity index (χ3n) is 5.08. The van der Waals surface area contributed by atoms with Crippen molar-refractivity contribution in [3.8, 4) is 0 Å². The van der Waals surface area contributed by atoms with Crippen LogP contribution in [0.4, 0.5) is 0 Å². The fourth-order valence-corrected chi connectivity index (χ4v) is 3.87. The molecular weight excluding hydrogens is 320 g/mol. The van der Waals surface area contributed by atoms with E-state index in [0.717, 1.165) is 29.0 Å². The first-order chi connectivity index (χ1) is 12.2. The molecule has 0 bridgehead atoms. The number of piperidine rings is 1. The van der Waals surface area contributed by atoms with Crippen LogP contribution in [0.25, 0.3) is 11.0 Å². The van der Waals surface area contributed by atoms with Gasteiger partial charge in [0.2, 0.25) is 0 Å². The van der Waals surface area contributed by atoms with Crippen LogP contribution in [-0.2, 0) is 11.3 Å². The van der Waals surface area contributed by atoms with Crippen molar-refractivity contribution >= 4 is 16.9 Å². The van der Waals surface area contributed by atoms with E-state index < -0.39 is 0 Å². The lowest BCUT2D eigenvalue weighted by atomic mass is 9.99. The van der Waals surface area contributed by atoms with Crippen LogP contribution in [-0.4, -0.2) is 55.0 Å². The van der Waals surface area contributed by atoms with Gasteiger partial charge < -0.3 is 14.6 Å². The van der Waals surface area contributed by atoms with E-state index >= 15 is 0 Å². The molecule has 8 nitrogen and oxygen atoms in total. The number of amides is 1. The molecule has 25 heavy (non-hydrogen) atoms. The van der Waals surface area contributed by atoms with Crippen molar-refractivity contribution in [3.05, 3.63) is 41.5 Å². The molecule has 2 aromatic heterocycles. The van der Waals surface area contributed by atoms with Crippen LogP contribution < -0.4 is 0 Å². The summed E-state index contributed by atoms with van der Waals surface area (Å²) in [4.78, 5) is 22.6. The number of carbonyl (C=O) groups excluding carboxylic acids is 1. The number of nitrogens with one attached hydrogen (secondary N) is 1. The predicted octanol–water partition coefficient (Wildman–Crippen LogP) is 1.45. The number of rotatable bonds is 1. The monoisotopic (exact) mass is 338 g/mol. The Balaban J connectivity index is 1.42. The molecular formula is C17H18N6O2. The molecule has 1 N–H and O–H groups in total. The summed E-state index contributed by atoms with van der Waals surface area (Å²) in [5.74, 6) is 0.812. The Hall–Kier alpha value is -2.74. The molecule has 2 atom stereocenters. The lowest BCUT2D eigenvalue weighted by Gasteiger charge is -2.41. The summed E-state index contributed by atoms with van der Waals surface area (Å²) in [6.07, 6.45) is 2.50. The van der Waals surface area contributed by atoms with E-state index in [1.807, 2.05) is 34.7 Å². The first kappa shape index (κ1) is 14.6. The molecule has 1 saturated heterocycles. The van der Waals surface area contributed by atoms with Crippen molar-refractivity contribution in [3.63, 3.8) is 0 Å². The fraction of sp³-hybridized carbons (Fsp3) is 0.412. The van der Waals surface area contributed by atoms with Crippen molar-refractivity contribution in [2.75, 3.05) is 13.1 Å². The quantitative estimate of drug-likeness (QED) is 0.725. The Morgan fingerprint density at radius 3 is 3.24 bits per heavy atom. The maximum atomic E-state index is 13.1. The summed E-state index contributed by atoms with van der Waals surface area (Å²) in [7, 11) is 0. The Bertz CT molecular complexity index is 961. The molecule has 8 heteroatoms. The minimum Gasteiger partial charge on any atom is -0.368 e. The van der Waals surface area contributed by atoms with Gasteiger partial charge in [-0.15, -0.1) is 5.10 Å². The lowest BCUT2D eigenvalue weighted by Crippen LogP contribution is -2.50. The second-order valence-electron chi connectivity index (χ2n) is 6.65. The average molecular weight is 338 g/mol. The molecule has 1 amide bonds. The van der Waals surface area contributed by atoms with Crippen LogP contribution in [0.1, 0.15) is 34.3 Å². The Labute approximate surface area is 143 Å². The molecule has 2 aliphatic heterocycles. The largest absolute Gasteiger partial charge is 0.368 e. The molecule has 1 aromatic carbocycles. The number of likely N-dealkylation sites (tertiary alicyclic amines) is 1. The number of hydrogen-bond donors (Lipinski definition) is 1. The summed E-state index contributed by atoms with van der Waals surface area (Å²) in [5, 5.41) is 8.16. The third kappa shape index (κ3) is 2.25. The lowest BCUT2D eigenvalue weighted by molar-refractivity contribution is -0.0627. The zero-order chi connectivity index (χ0) is 17.0. The molecule has 1 fully saturated rings. The number of H-pyrrole nitrogens is 1. The van der Waals surface area contributed by atoms with Crippen LogP contribution in [0.5, 0.6) is 0 Å². The van der Waals surface area contributed by atoms with E-state index in [9.17, 15) is 4.79 Å². The number of aromatic nitrogens is 5. The van der Waals surface area contributed by atoms with Gasteiger partial charge in [0.25, 0.3) is 5.91 Å². The Kier molecular flexibility index (Phi) is 3.14. The van der Waals surface area contributed by atoms with E-state index in [1.165, 1.54) is 0 Å². The van der Waals surface area contributed by atoms with Crippen molar-refractivity contribution in [1.29, 1.82) is 0 Å². The molecule has 0 aliphatic carbocycles. The van der Waals surface area contributed by atoms with Gasteiger partial charge in [0, 0.05) is 13.1 Å². The number of carbonyl (C=O) groups is 1. The number of imidazole rings is 1. The molecule has 2 aliphatic rings. The SMILES string of the molecule is Cc1nc2c(C(=O)N3CC[C@H]4[C@H](C3)OCc3cnnn34)cccc2[nH]1. The molecule has 3 aromatic rings. The summed E-state index contributed by atoms with van der Waals surface area (Å²) in [5.41, 5.74) is 3.25. The van der Waals surface area contributed by atoms with Crippen molar-refractivity contribution in [1.82, 2.24) is 29.9 Å². The summed E-state index contributed by atoms with van der Waals surface area (Å²) >= 11 is 0. The number of fused-ring (bicyclic) bond motifs is 4. The van der Waals surface area contributed by atoms with Crippen LogP contribution >= 0.6 is 0 Å². The maximum absolute atomic E-state index is 13.1. The number of para-hydroxylation sites is 1. The Morgan fingerprint density at radius 1 is 1.40 bits per heavy atom. The van der Waals surface area contributed by atoms with Gasteiger partial charge in [-0.2, -0.15) is 0 Å². The molecule has 128 valence electrons. The second kappa shape index (κ2) is 5.38. The van der Waals surface area contributed by atoms with Gasteiger partial charge >= 0.3 is 0 Å². The maximum Gasteiger partial charge on any atom is 0.256 e. The van der Waals surface area contributed by atoms with Gasteiger partial charge in [-0.1, -0.05) is 11.3 Å². The van der Waals surface area contributed by atoms with Gasteiger partial charge in [-0.05, 0) is 25.5 Å². The molecule has 4 heterocycles. The van der Waals surface area contributed by atoms with Crippen LogP contribution in [0.3, 0.4) is 0 Å². The highest BCUT2D eigenvalue weighted by atomic mass is 16.5. The second-order valence-corrected chi connectivity index (χ2v) is 6.65. The fourth-order valence-electron chi connectivity index (χ4n) is 3.87. The van der Waals surface area contributed by atoms with E-state index in [0.29, 0.717) is 25.3 Å². The van der Waals surface area contributed by atoms with Gasteiger partial charge in [0.15, 0.2) is 0 Å². The number of aryl methyl sites for hydroxylation is 1. The van der Waals surface area contributed by atoms with Crippen molar-refractivity contribution in [2.24, 2.45) is 0 Å². The minimum atomic E-state index is -0.0491. The third-order valence-corrected chi connectivity index (χ3v) is 5.08. The highest BCUT2D eigenvalue weighted by Crippen LogP contribution is 2.31. The molecule has 0 radical (unpaired) electrons. The first-order valence-corrected chi connectivity index (χ1v) is 8.46. The van der Waals surface area contributed by atoms with Crippen LogP contribution in [0.2, 0.25) is 0 Å². The standard InChI is InChI=1S/C17H18N6O2/c1-10-19-13-4-2-3-12(16(13)20-10)17(24)22-6-5-14-15(8-22)25-9-11-7-18-21-23(11)14/h2-4,7,14-15H,5-6,8-9H2,1H3,(H,19,20)/t14-,15-/m0/s1. The number of benzene rings is 1. The summed E-state index contributed by atoms with van der Waals surface area (Å²) in [6.45, 7) is 3.61. The highest BCUT2D eigenvalue weighted by Gasteiger charge is 2.38. The van der Waals surface area contributed by atoms with E-state index in [2.05, 4.69) is 20.3 Å². The van der Waals surface area contributed by atoms with Crippen molar-refractivity contribution < 1.29 is 9.53 Å². The molecule has 0 spiro atoms. The van der Waals surface area contributed by atoms with Crippen LogP contribution in [0.15, 0.2) is 24.4 Å². The number of ether oxygens (including phenoxy) is 1. The molecule has 5 rings (SSSR count). The Morgan fingerprint density at radius 2 is 2.32 bits per heavy atom. The predicted molar refractivity (Wildman–Crippen MR) is 89.0 cm³/mol.